The molecule has 1 rings (SSSR count). The van der Waals surface area contributed by atoms with E-state index in [9.17, 15) is 9.59 Å². The van der Waals surface area contributed by atoms with E-state index in [2.05, 4.69) is 17.3 Å². The molecule has 0 aromatic rings. The Kier molecular flexibility index (Phi) is 5.60. The fraction of sp³-hybridized carbons (Fsp3) is 0.846. The number of aliphatic carboxylic acids is 1. The summed E-state index contributed by atoms with van der Waals surface area (Å²) in [6.45, 7) is 5.25. The normalized spacial score (nSPS) is 21.4. The Morgan fingerprint density at radius 1 is 1.47 bits per heavy atom. The van der Waals surface area contributed by atoms with Crippen molar-refractivity contribution in [1.82, 2.24) is 15.1 Å². The molecule has 1 unspecified atom stereocenters. The summed E-state index contributed by atoms with van der Waals surface area (Å²) in [6, 6.07) is -0.782. The van der Waals surface area contributed by atoms with Gasteiger partial charge in [-0.3, -0.25) is 0 Å². The molecule has 1 aliphatic heterocycles. The lowest BCUT2D eigenvalue weighted by Gasteiger charge is -2.28. The molecule has 0 radical (unpaired) electrons. The summed E-state index contributed by atoms with van der Waals surface area (Å²) < 4.78 is 0. The SMILES string of the molecule is CC(C)[C@@H](NC(=O)N(C)CC1CCCN1C)C(=O)O. The molecular formula is C13H25N3O3. The summed E-state index contributed by atoms with van der Waals surface area (Å²) in [5.41, 5.74) is 0. The second-order valence-electron chi connectivity index (χ2n) is 5.67. The van der Waals surface area contributed by atoms with Gasteiger partial charge in [0.2, 0.25) is 0 Å². The lowest BCUT2D eigenvalue weighted by Crippen LogP contribution is -2.51. The van der Waals surface area contributed by atoms with Gasteiger partial charge in [0.05, 0.1) is 0 Å². The van der Waals surface area contributed by atoms with Crippen LogP contribution in [-0.4, -0.2) is 66.2 Å². The van der Waals surface area contributed by atoms with Gasteiger partial charge < -0.3 is 20.2 Å². The number of hydrogen-bond donors (Lipinski definition) is 2. The molecule has 1 saturated heterocycles. The van der Waals surface area contributed by atoms with E-state index in [1.165, 1.54) is 0 Å². The van der Waals surface area contributed by atoms with Crippen LogP contribution in [-0.2, 0) is 4.79 Å². The minimum Gasteiger partial charge on any atom is -0.480 e. The van der Waals surface area contributed by atoms with E-state index >= 15 is 0 Å². The fourth-order valence-corrected chi connectivity index (χ4v) is 2.37. The Morgan fingerprint density at radius 2 is 2.11 bits per heavy atom. The van der Waals surface area contributed by atoms with Gasteiger partial charge in [0.25, 0.3) is 0 Å². The molecule has 0 saturated carbocycles. The van der Waals surface area contributed by atoms with Crippen LogP contribution in [0.1, 0.15) is 26.7 Å². The number of carbonyl (C=O) groups excluding carboxylic acids is 1. The van der Waals surface area contributed by atoms with Crippen molar-refractivity contribution in [3.8, 4) is 0 Å². The third-order valence-electron chi connectivity index (χ3n) is 3.71. The number of carboxylic acid groups (broad SMARTS) is 1. The molecular weight excluding hydrogens is 246 g/mol. The highest BCUT2D eigenvalue weighted by molar-refractivity contribution is 5.82. The summed E-state index contributed by atoms with van der Waals surface area (Å²) in [7, 11) is 3.76. The number of likely N-dealkylation sites (N-methyl/N-ethyl adjacent to an activating group) is 2. The molecule has 2 atom stereocenters. The molecule has 2 N–H and O–H groups in total. The first-order chi connectivity index (χ1) is 8.82. The molecule has 0 aromatic heterocycles. The summed E-state index contributed by atoms with van der Waals surface area (Å²) in [5.74, 6) is -1.13. The van der Waals surface area contributed by atoms with Crippen molar-refractivity contribution in [3.63, 3.8) is 0 Å². The van der Waals surface area contributed by atoms with Gasteiger partial charge in [0.1, 0.15) is 6.04 Å². The predicted octanol–water partition coefficient (Wildman–Crippen LogP) is 0.831. The highest BCUT2D eigenvalue weighted by atomic mass is 16.4. The smallest absolute Gasteiger partial charge is 0.326 e. The molecule has 1 fully saturated rings. The third-order valence-corrected chi connectivity index (χ3v) is 3.71. The standard InChI is InChI=1S/C13H25N3O3/c1-9(2)11(12(17)18)14-13(19)16(4)8-10-6-5-7-15(10)3/h9-11H,5-8H2,1-4H3,(H,14,19)(H,17,18)/t10?,11-/m1/s1. The Bertz CT molecular complexity index is 333. The maximum Gasteiger partial charge on any atom is 0.326 e. The molecule has 0 spiro atoms. The Labute approximate surface area is 114 Å². The Morgan fingerprint density at radius 3 is 2.53 bits per heavy atom. The number of hydrogen-bond acceptors (Lipinski definition) is 3. The van der Waals surface area contributed by atoms with Gasteiger partial charge in [-0.1, -0.05) is 13.8 Å². The fourth-order valence-electron chi connectivity index (χ4n) is 2.37. The van der Waals surface area contributed by atoms with E-state index in [0.29, 0.717) is 12.6 Å². The lowest BCUT2D eigenvalue weighted by molar-refractivity contribution is -0.140. The number of amides is 2. The number of likely N-dealkylation sites (tertiary alicyclic amines) is 1. The molecule has 6 heteroatoms. The van der Waals surface area contributed by atoms with Crippen LogP contribution < -0.4 is 5.32 Å². The topological polar surface area (TPSA) is 72.9 Å². The highest BCUT2D eigenvalue weighted by Gasteiger charge is 2.27. The second kappa shape index (κ2) is 6.75. The van der Waals surface area contributed by atoms with E-state index < -0.39 is 12.0 Å². The highest BCUT2D eigenvalue weighted by Crippen LogP contribution is 2.15. The van der Waals surface area contributed by atoms with Crippen LogP contribution in [0.4, 0.5) is 4.79 Å². The molecule has 1 heterocycles. The zero-order chi connectivity index (χ0) is 14.6. The van der Waals surface area contributed by atoms with E-state index in [1.807, 2.05) is 0 Å². The van der Waals surface area contributed by atoms with Crippen molar-refractivity contribution in [1.29, 1.82) is 0 Å². The average Bonchev–Trinajstić information content (AvgIpc) is 2.70. The zero-order valence-electron chi connectivity index (χ0n) is 12.2. The second-order valence-corrected chi connectivity index (χ2v) is 5.67. The molecule has 1 aliphatic rings. The van der Waals surface area contributed by atoms with Gasteiger partial charge in [0, 0.05) is 19.6 Å². The third kappa shape index (κ3) is 4.38. The minimum atomic E-state index is -0.991. The van der Waals surface area contributed by atoms with Gasteiger partial charge in [-0.25, -0.2) is 9.59 Å². The van der Waals surface area contributed by atoms with Gasteiger partial charge in [-0.05, 0) is 32.4 Å². The lowest BCUT2D eigenvalue weighted by atomic mass is 10.1. The first-order valence-corrected chi connectivity index (χ1v) is 6.77. The summed E-state index contributed by atoms with van der Waals surface area (Å²) in [4.78, 5) is 26.9. The van der Waals surface area contributed by atoms with Crippen LogP contribution in [0.5, 0.6) is 0 Å². The van der Waals surface area contributed by atoms with Crippen LogP contribution in [0, 0.1) is 5.92 Å². The van der Waals surface area contributed by atoms with Gasteiger partial charge in [0.15, 0.2) is 0 Å². The van der Waals surface area contributed by atoms with Crippen LogP contribution in [0.2, 0.25) is 0 Å². The summed E-state index contributed by atoms with van der Waals surface area (Å²) in [5, 5.41) is 11.6. The van der Waals surface area contributed by atoms with Crippen molar-refractivity contribution in [2.45, 2.75) is 38.8 Å². The number of carboxylic acids is 1. The number of nitrogens with one attached hydrogen (secondary N) is 1. The van der Waals surface area contributed by atoms with Crippen LogP contribution in [0.15, 0.2) is 0 Å². The maximum atomic E-state index is 12.0. The number of urea groups is 1. The monoisotopic (exact) mass is 271 g/mol. The molecule has 19 heavy (non-hydrogen) atoms. The summed E-state index contributed by atoms with van der Waals surface area (Å²) in [6.07, 6.45) is 2.24. The zero-order valence-corrected chi connectivity index (χ0v) is 12.2. The van der Waals surface area contributed by atoms with Crippen LogP contribution in [0.3, 0.4) is 0 Å². The average molecular weight is 271 g/mol. The van der Waals surface area contributed by atoms with E-state index in [1.54, 1.807) is 25.8 Å². The summed E-state index contributed by atoms with van der Waals surface area (Å²) >= 11 is 0. The van der Waals surface area contributed by atoms with E-state index in [4.69, 9.17) is 5.11 Å². The van der Waals surface area contributed by atoms with Gasteiger partial charge in [-0.15, -0.1) is 0 Å². The molecule has 0 bridgehead atoms. The Hall–Kier alpha value is -1.30. The number of nitrogens with zero attached hydrogens (tertiary/aromatic N) is 2. The molecule has 0 aromatic carbocycles. The van der Waals surface area contributed by atoms with E-state index in [0.717, 1.165) is 19.4 Å². The number of rotatable bonds is 5. The first-order valence-electron chi connectivity index (χ1n) is 6.77. The Balaban J connectivity index is 2.49. The van der Waals surface area contributed by atoms with Crippen molar-refractivity contribution >= 4 is 12.0 Å². The molecule has 6 nitrogen and oxygen atoms in total. The maximum absolute atomic E-state index is 12.0. The largest absolute Gasteiger partial charge is 0.480 e. The number of carbonyl (C=O) groups is 2. The van der Waals surface area contributed by atoms with Crippen LogP contribution in [0.25, 0.3) is 0 Å². The van der Waals surface area contributed by atoms with Crippen molar-refractivity contribution in [3.05, 3.63) is 0 Å². The predicted molar refractivity (Wildman–Crippen MR) is 73.1 cm³/mol. The first kappa shape index (κ1) is 15.8. The quantitative estimate of drug-likeness (QED) is 0.777. The van der Waals surface area contributed by atoms with E-state index in [-0.39, 0.29) is 11.9 Å². The molecule has 110 valence electrons. The van der Waals surface area contributed by atoms with Gasteiger partial charge in [-0.2, -0.15) is 0 Å². The molecule has 2 amide bonds. The molecule has 0 aliphatic carbocycles. The van der Waals surface area contributed by atoms with Gasteiger partial charge >= 0.3 is 12.0 Å². The van der Waals surface area contributed by atoms with Crippen molar-refractivity contribution in [2.24, 2.45) is 5.92 Å². The van der Waals surface area contributed by atoms with Crippen molar-refractivity contribution in [2.75, 3.05) is 27.2 Å². The van der Waals surface area contributed by atoms with Crippen molar-refractivity contribution < 1.29 is 14.7 Å². The van der Waals surface area contributed by atoms with Crippen LogP contribution >= 0.6 is 0 Å². The minimum absolute atomic E-state index is 0.135.